The lowest BCUT2D eigenvalue weighted by atomic mass is 10.1. The Morgan fingerprint density at radius 3 is 2.09 bits per heavy atom. The van der Waals surface area contributed by atoms with Crippen LogP contribution in [-0.2, 0) is 32.0 Å². The van der Waals surface area contributed by atoms with E-state index in [1.165, 1.54) is 6.92 Å². The van der Waals surface area contributed by atoms with Crippen molar-refractivity contribution in [2.75, 3.05) is 16.8 Å². The summed E-state index contributed by atoms with van der Waals surface area (Å²) >= 11 is 0. The number of hydrogen-bond acceptors (Lipinski definition) is 4. The van der Waals surface area contributed by atoms with Crippen molar-refractivity contribution < 1.29 is 19.2 Å². The zero-order valence-corrected chi connectivity index (χ0v) is 19.5. The fourth-order valence-corrected chi connectivity index (χ4v) is 4.25. The monoisotopic (exact) mass is 469 g/mol. The van der Waals surface area contributed by atoms with E-state index >= 15 is 0 Å². The standard InChI is InChI=1S/C28H27N3O4/c1-20(32)29-23-12-14-24(15-13-23)31-27(34)19-25(28(31)35)30(17-16-21-8-4-2-5-9-21)26(33)18-22-10-6-3-7-11-22/h2-15,25H,16-19H2,1H3,(H,29,32). The Bertz CT molecular complexity index is 1210. The van der Waals surface area contributed by atoms with Gasteiger partial charge in [-0.1, -0.05) is 60.7 Å². The summed E-state index contributed by atoms with van der Waals surface area (Å²) in [6, 6.07) is 24.8. The van der Waals surface area contributed by atoms with Crippen LogP contribution in [0, 0.1) is 0 Å². The van der Waals surface area contributed by atoms with E-state index in [1.54, 1.807) is 29.2 Å². The summed E-state index contributed by atoms with van der Waals surface area (Å²) in [4.78, 5) is 53.7. The van der Waals surface area contributed by atoms with Crippen LogP contribution in [-0.4, -0.2) is 41.1 Å². The van der Waals surface area contributed by atoms with Gasteiger partial charge < -0.3 is 10.2 Å². The molecule has 3 aromatic carbocycles. The largest absolute Gasteiger partial charge is 0.329 e. The number of nitrogens with one attached hydrogen (secondary N) is 1. The number of imide groups is 1. The van der Waals surface area contributed by atoms with Gasteiger partial charge in [0.2, 0.25) is 17.7 Å². The van der Waals surface area contributed by atoms with E-state index in [1.807, 2.05) is 60.7 Å². The summed E-state index contributed by atoms with van der Waals surface area (Å²) in [5.41, 5.74) is 2.88. The Labute approximate surface area is 204 Å². The molecule has 1 N–H and O–H groups in total. The molecular weight excluding hydrogens is 442 g/mol. The van der Waals surface area contributed by atoms with Gasteiger partial charge in [0.1, 0.15) is 6.04 Å². The Balaban J connectivity index is 1.55. The smallest absolute Gasteiger partial charge is 0.257 e. The molecule has 1 fully saturated rings. The zero-order valence-electron chi connectivity index (χ0n) is 19.5. The third kappa shape index (κ3) is 5.81. The number of nitrogens with zero attached hydrogens (tertiary/aromatic N) is 2. The van der Waals surface area contributed by atoms with Crippen molar-refractivity contribution in [3.8, 4) is 0 Å². The van der Waals surface area contributed by atoms with Crippen molar-refractivity contribution in [3.05, 3.63) is 96.1 Å². The Morgan fingerprint density at radius 2 is 1.49 bits per heavy atom. The van der Waals surface area contributed by atoms with E-state index < -0.39 is 11.9 Å². The van der Waals surface area contributed by atoms with Crippen LogP contribution in [0.1, 0.15) is 24.5 Å². The van der Waals surface area contributed by atoms with Crippen molar-refractivity contribution in [1.82, 2.24) is 4.90 Å². The summed E-state index contributed by atoms with van der Waals surface area (Å²) < 4.78 is 0. The lowest BCUT2D eigenvalue weighted by Crippen LogP contribution is -2.47. The molecular formula is C28H27N3O4. The fraction of sp³-hybridized carbons (Fsp3) is 0.214. The maximum absolute atomic E-state index is 13.4. The van der Waals surface area contributed by atoms with Crippen LogP contribution in [0.2, 0.25) is 0 Å². The van der Waals surface area contributed by atoms with Gasteiger partial charge in [-0.2, -0.15) is 0 Å². The zero-order chi connectivity index (χ0) is 24.8. The molecule has 1 aliphatic heterocycles. The van der Waals surface area contributed by atoms with E-state index in [-0.39, 0.29) is 30.6 Å². The number of anilines is 2. The average molecular weight is 470 g/mol. The number of amides is 4. The molecule has 1 unspecified atom stereocenters. The van der Waals surface area contributed by atoms with E-state index in [0.717, 1.165) is 16.0 Å². The molecule has 1 atom stereocenters. The number of hydrogen-bond donors (Lipinski definition) is 1. The van der Waals surface area contributed by atoms with Crippen molar-refractivity contribution in [2.24, 2.45) is 0 Å². The third-order valence-corrected chi connectivity index (χ3v) is 5.95. The predicted molar refractivity (Wildman–Crippen MR) is 134 cm³/mol. The first-order valence-electron chi connectivity index (χ1n) is 11.5. The summed E-state index contributed by atoms with van der Waals surface area (Å²) in [6.07, 6.45) is 0.658. The molecule has 3 aromatic rings. The van der Waals surface area contributed by atoms with Crippen LogP contribution in [0.5, 0.6) is 0 Å². The summed E-state index contributed by atoms with van der Waals surface area (Å²) in [5, 5.41) is 2.66. The first-order chi connectivity index (χ1) is 16.9. The molecule has 0 spiro atoms. The molecule has 0 aromatic heterocycles. The Kier molecular flexibility index (Phi) is 7.35. The van der Waals surface area contributed by atoms with Crippen LogP contribution in [0.15, 0.2) is 84.9 Å². The maximum atomic E-state index is 13.4. The highest BCUT2D eigenvalue weighted by molar-refractivity contribution is 6.23. The van der Waals surface area contributed by atoms with Crippen molar-refractivity contribution in [3.63, 3.8) is 0 Å². The lowest BCUT2D eigenvalue weighted by molar-refractivity contribution is -0.137. The van der Waals surface area contributed by atoms with Crippen molar-refractivity contribution in [1.29, 1.82) is 0 Å². The number of benzene rings is 3. The van der Waals surface area contributed by atoms with Gasteiger partial charge in [-0.15, -0.1) is 0 Å². The van der Waals surface area contributed by atoms with Crippen LogP contribution < -0.4 is 10.2 Å². The molecule has 0 aliphatic carbocycles. The highest BCUT2D eigenvalue weighted by Crippen LogP contribution is 2.27. The minimum atomic E-state index is -0.863. The van der Waals surface area contributed by atoms with Gasteiger partial charge in [-0.3, -0.25) is 19.2 Å². The molecule has 1 heterocycles. The van der Waals surface area contributed by atoms with Gasteiger partial charge in [0.25, 0.3) is 5.91 Å². The van der Waals surface area contributed by atoms with Gasteiger partial charge in [-0.25, -0.2) is 4.90 Å². The molecule has 1 saturated heterocycles. The summed E-state index contributed by atoms with van der Waals surface area (Å²) in [7, 11) is 0. The van der Waals surface area contributed by atoms with Crippen LogP contribution in [0.25, 0.3) is 0 Å². The van der Waals surface area contributed by atoms with E-state index in [2.05, 4.69) is 5.32 Å². The van der Waals surface area contributed by atoms with Crippen molar-refractivity contribution in [2.45, 2.75) is 32.2 Å². The normalized spacial score (nSPS) is 15.2. The lowest BCUT2D eigenvalue weighted by Gasteiger charge is -2.28. The van der Waals surface area contributed by atoms with Crippen LogP contribution in [0.3, 0.4) is 0 Å². The van der Waals surface area contributed by atoms with Crippen LogP contribution in [0.4, 0.5) is 11.4 Å². The molecule has 7 heteroatoms. The molecule has 1 aliphatic rings. The van der Waals surface area contributed by atoms with Gasteiger partial charge in [0, 0.05) is 19.2 Å². The first kappa shape index (κ1) is 23.9. The van der Waals surface area contributed by atoms with Gasteiger partial charge >= 0.3 is 0 Å². The quantitative estimate of drug-likeness (QED) is 0.511. The van der Waals surface area contributed by atoms with E-state index in [9.17, 15) is 19.2 Å². The highest BCUT2D eigenvalue weighted by atomic mass is 16.2. The van der Waals surface area contributed by atoms with Crippen LogP contribution >= 0.6 is 0 Å². The van der Waals surface area contributed by atoms with Gasteiger partial charge in [0.05, 0.1) is 18.5 Å². The number of carbonyl (C=O) groups is 4. The average Bonchev–Trinajstić information content (AvgIpc) is 3.14. The summed E-state index contributed by atoms with van der Waals surface area (Å²) in [5.74, 6) is -1.18. The molecule has 4 rings (SSSR count). The molecule has 178 valence electrons. The molecule has 0 saturated carbocycles. The number of carbonyl (C=O) groups excluding carboxylic acids is 4. The van der Waals surface area contributed by atoms with E-state index in [0.29, 0.717) is 24.3 Å². The molecule has 7 nitrogen and oxygen atoms in total. The molecule has 0 radical (unpaired) electrons. The first-order valence-corrected chi connectivity index (χ1v) is 11.5. The Hall–Kier alpha value is -4.26. The fourth-order valence-electron chi connectivity index (χ4n) is 4.25. The van der Waals surface area contributed by atoms with Gasteiger partial charge in [0.15, 0.2) is 0 Å². The second-order valence-electron chi connectivity index (χ2n) is 8.50. The second kappa shape index (κ2) is 10.8. The van der Waals surface area contributed by atoms with Gasteiger partial charge in [-0.05, 0) is 41.8 Å². The molecule has 35 heavy (non-hydrogen) atoms. The molecule has 0 bridgehead atoms. The molecule has 4 amide bonds. The van der Waals surface area contributed by atoms with E-state index in [4.69, 9.17) is 0 Å². The Morgan fingerprint density at radius 1 is 0.886 bits per heavy atom. The minimum Gasteiger partial charge on any atom is -0.329 e. The highest BCUT2D eigenvalue weighted by Gasteiger charge is 2.44. The second-order valence-corrected chi connectivity index (χ2v) is 8.50. The SMILES string of the molecule is CC(=O)Nc1ccc(N2C(=O)CC(N(CCc3ccccc3)C(=O)Cc3ccccc3)C2=O)cc1. The minimum absolute atomic E-state index is 0.0679. The maximum Gasteiger partial charge on any atom is 0.257 e. The van der Waals surface area contributed by atoms with Crippen molar-refractivity contribution >= 4 is 35.0 Å². The topological polar surface area (TPSA) is 86.8 Å². The third-order valence-electron chi connectivity index (χ3n) is 5.95. The number of rotatable bonds is 8. The summed E-state index contributed by atoms with van der Waals surface area (Å²) in [6.45, 7) is 1.73. The predicted octanol–water partition coefficient (Wildman–Crippen LogP) is 3.59.